The Balaban J connectivity index is 1.28. The highest BCUT2D eigenvalue weighted by Gasteiger charge is 2.44. The molecule has 0 spiro atoms. The lowest BCUT2D eigenvalue weighted by Crippen LogP contribution is -2.26. The van der Waals surface area contributed by atoms with E-state index in [2.05, 4.69) is 19.9 Å². The van der Waals surface area contributed by atoms with Crippen LogP contribution in [0.3, 0.4) is 0 Å². The van der Waals surface area contributed by atoms with Gasteiger partial charge in [0.1, 0.15) is 11.9 Å². The van der Waals surface area contributed by atoms with Gasteiger partial charge in [0.25, 0.3) is 5.91 Å². The van der Waals surface area contributed by atoms with E-state index in [1.165, 1.54) is 60.7 Å². The molecule has 1 aliphatic heterocycles. The average molecular weight is 630 g/mol. The van der Waals surface area contributed by atoms with Gasteiger partial charge in [0.15, 0.2) is 17.2 Å². The van der Waals surface area contributed by atoms with Crippen molar-refractivity contribution in [1.29, 1.82) is 0 Å². The second-order valence-electron chi connectivity index (χ2n) is 10.6. The Hall–Kier alpha value is -5.14. The van der Waals surface area contributed by atoms with Crippen LogP contribution in [-0.2, 0) is 19.1 Å². The van der Waals surface area contributed by atoms with E-state index >= 15 is 0 Å². The first-order chi connectivity index (χ1) is 21.3. The molecule has 2 aliphatic rings. The van der Waals surface area contributed by atoms with Gasteiger partial charge in [-0.05, 0) is 85.8 Å². The molecule has 0 fully saturated rings. The molecule has 0 saturated carbocycles. The third kappa shape index (κ3) is 5.99. The lowest BCUT2D eigenvalue weighted by Gasteiger charge is -2.26. The van der Waals surface area contributed by atoms with Crippen LogP contribution in [0, 0.1) is 6.92 Å². The summed E-state index contributed by atoms with van der Waals surface area (Å²) in [5.41, 5.74) is 0.375. The summed E-state index contributed by atoms with van der Waals surface area (Å²) in [7, 11) is 0. The molecule has 1 unspecified atom stereocenters. The molecule has 1 aliphatic carbocycles. The molecule has 0 radical (unpaired) electrons. The molecule has 0 bridgehead atoms. The van der Waals surface area contributed by atoms with Crippen molar-refractivity contribution < 1.29 is 50.9 Å². The Morgan fingerprint density at radius 1 is 1.09 bits per heavy atom. The summed E-state index contributed by atoms with van der Waals surface area (Å²) >= 11 is 0. The van der Waals surface area contributed by atoms with Gasteiger partial charge in [0.05, 0.1) is 16.9 Å². The number of carbonyl (C=O) groups is 2. The fourth-order valence-electron chi connectivity index (χ4n) is 5.46. The van der Waals surface area contributed by atoms with Crippen LogP contribution >= 0.6 is 0 Å². The number of aryl methyl sites for hydroxylation is 1. The van der Waals surface area contributed by atoms with Crippen LogP contribution in [0.15, 0.2) is 60.7 Å². The number of amides is 1. The van der Waals surface area contributed by atoms with Crippen LogP contribution < -0.4 is 19.5 Å². The standard InChI is InChI=1S/C31H24F5N3O6/c1-16-12-20(9-10-21(16)29(41)42)43-24-7-3-6-22-26(24)39(38-27(22)30(32,33)34)19-5-2-4-18(14-19)28(40)37-15-17-8-11-23-25(13-17)45-31(35,36)44-23/h2,4-5,8-14,24H,3,6-7,15H2,1H3,(H,37,40)(H,41,42). The summed E-state index contributed by atoms with van der Waals surface area (Å²) in [6.45, 7) is 1.53. The Kier molecular flexibility index (Phi) is 7.37. The number of hydrogen-bond acceptors (Lipinski definition) is 6. The predicted molar refractivity (Wildman–Crippen MR) is 147 cm³/mol. The third-order valence-corrected chi connectivity index (χ3v) is 7.47. The van der Waals surface area contributed by atoms with Crippen molar-refractivity contribution >= 4 is 11.9 Å². The van der Waals surface area contributed by atoms with Crippen molar-refractivity contribution in [3.63, 3.8) is 0 Å². The highest BCUT2D eigenvalue weighted by molar-refractivity contribution is 5.94. The van der Waals surface area contributed by atoms with Crippen LogP contribution in [0.1, 0.15) is 67.7 Å². The van der Waals surface area contributed by atoms with Crippen LogP contribution in [0.4, 0.5) is 22.0 Å². The average Bonchev–Trinajstić information content (AvgIpc) is 3.53. The van der Waals surface area contributed by atoms with Gasteiger partial charge >= 0.3 is 18.4 Å². The van der Waals surface area contributed by atoms with Gasteiger partial charge in [-0.1, -0.05) is 12.1 Å². The van der Waals surface area contributed by atoms with E-state index < -0.39 is 36.1 Å². The molecule has 45 heavy (non-hydrogen) atoms. The van der Waals surface area contributed by atoms with Crippen molar-refractivity contribution in [2.24, 2.45) is 0 Å². The maximum Gasteiger partial charge on any atom is 0.586 e. The molecule has 2 heterocycles. The van der Waals surface area contributed by atoms with Gasteiger partial charge < -0.3 is 24.6 Å². The molecule has 0 saturated heterocycles. The van der Waals surface area contributed by atoms with Crippen molar-refractivity contribution in [3.8, 4) is 22.9 Å². The van der Waals surface area contributed by atoms with Crippen LogP contribution in [0.2, 0.25) is 0 Å². The smallest absolute Gasteiger partial charge is 0.484 e. The molecular weight excluding hydrogens is 605 g/mol. The fourth-order valence-corrected chi connectivity index (χ4v) is 5.46. The number of aromatic nitrogens is 2. The van der Waals surface area contributed by atoms with Crippen LogP contribution in [-0.4, -0.2) is 33.1 Å². The number of fused-ring (bicyclic) bond motifs is 2. The highest BCUT2D eigenvalue weighted by Crippen LogP contribution is 2.43. The molecule has 2 N–H and O–H groups in total. The van der Waals surface area contributed by atoms with Gasteiger partial charge in [0.2, 0.25) is 0 Å². The second kappa shape index (κ2) is 11.1. The largest absolute Gasteiger partial charge is 0.586 e. The van der Waals surface area contributed by atoms with Crippen LogP contribution in [0.25, 0.3) is 5.69 Å². The second-order valence-corrected chi connectivity index (χ2v) is 10.6. The Labute approximate surface area is 252 Å². The molecular formula is C31H24F5N3O6. The molecule has 1 aromatic heterocycles. The molecule has 1 atom stereocenters. The minimum Gasteiger partial charge on any atom is -0.484 e. The molecule has 234 valence electrons. The van der Waals surface area contributed by atoms with Crippen molar-refractivity contribution in [2.75, 3.05) is 0 Å². The molecule has 4 aromatic rings. The number of hydrogen-bond donors (Lipinski definition) is 2. The zero-order valence-electron chi connectivity index (χ0n) is 23.5. The molecule has 9 nitrogen and oxygen atoms in total. The van der Waals surface area contributed by atoms with E-state index in [1.807, 2.05) is 0 Å². The molecule has 1 amide bonds. The van der Waals surface area contributed by atoms with E-state index in [4.69, 9.17) is 4.74 Å². The Morgan fingerprint density at radius 3 is 2.60 bits per heavy atom. The monoisotopic (exact) mass is 629 g/mol. The number of aromatic carboxylic acids is 1. The Bertz CT molecular complexity index is 1820. The number of carboxylic acid groups (broad SMARTS) is 1. The maximum absolute atomic E-state index is 14.1. The normalized spacial score (nSPS) is 16.6. The number of rotatable bonds is 7. The molecule has 6 rings (SSSR count). The van der Waals surface area contributed by atoms with E-state index in [1.54, 1.807) is 6.92 Å². The number of ether oxygens (including phenoxy) is 3. The topological polar surface area (TPSA) is 112 Å². The number of alkyl halides is 5. The number of halogens is 5. The van der Waals surface area contributed by atoms with Gasteiger partial charge in [0, 0.05) is 17.7 Å². The van der Waals surface area contributed by atoms with E-state index in [0.717, 1.165) is 4.68 Å². The summed E-state index contributed by atoms with van der Waals surface area (Å²) in [6.07, 6.45) is -8.49. The third-order valence-electron chi connectivity index (χ3n) is 7.47. The maximum atomic E-state index is 14.1. The molecule has 14 heteroatoms. The number of carbonyl (C=O) groups excluding carboxylic acids is 1. The summed E-state index contributed by atoms with van der Waals surface area (Å²) in [5, 5.41) is 15.9. The lowest BCUT2D eigenvalue weighted by molar-refractivity contribution is -0.286. The lowest BCUT2D eigenvalue weighted by atomic mass is 9.92. The summed E-state index contributed by atoms with van der Waals surface area (Å²) < 4.78 is 85.1. The summed E-state index contributed by atoms with van der Waals surface area (Å²) in [6, 6.07) is 14.3. The zero-order chi connectivity index (χ0) is 32.1. The predicted octanol–water partition coefficient (Wildman–Crippen LogP) is 6.61. The summed E-state index contributed by atoms with van der Waals surface area (Å²) in [5.74, 6) is -1.72. The van der Waals surface area contributed by atoms with Crippen molar-refractivity contribution in [2.45, 2.75) is 51.3 Å². The number of nitrogens with zero attached hydrogens (tertiary/aromatic N) is 2. The summed E-state index contributed by atoms with van der Waals surface area (Å²) in [4.78, 5) is 24.5. The van der Waals surface area contributed by atoms with E-state index in [-0.39, 0.29) is 58.3 Å². The van der Waals surface area contributed by atoms with E-state index in [0.29, 0.717) is 24.0 Å². The molecule has 3 aromatic carbocycles. The first-order valence-corrected chi connectivity index (χ1v) is 13.8. The fraction of sp³-hybridized carbons (Fsp3) is 0.258. The van der Waals surface area contributed by atoms with Crippen LogP contribution in [0.5, 0.6) is 17.2 Å². The van der Waals surface area contributed by atoms with Crippen molar-refractivity contribution in [1.82, 2.24) is 15.1 Å². The highest BCUT2D eigenvalue weighted by atomic mass is 19.4. The Morgan fingerprint density at radius 2 is 1.87 bits per heavy atom. The number of nitrogens with one attached hydrogen (secondary N) is 1. The number of benzene rings is 3. The van der Waals surface area contributed by atoms with Gasteiger partial charge in [-0.15, -0.1) is 8.78 Å². The first kappa shape index (κ1) is 29.9. The van der Waals surface area contributed by atoms with E-state index in [9.17, 15) is 36.6 Å². The van der Waals surface area contributed by atoms with Crippen molar-refractivity contribution in [3.05, 3.63) is 99.9 Å². The minimum atomic E-state index is -4.75. The number of carboxylic acids is 1. The quantitative estimate of drug-likeness (QED) is 0.222. The SMILES string of the molecule is Cc1cc(OC2CCCc3c(C(F)(F)F)nn(-c4cccc(C(=O)NCc5ccc6c(c5)OC(F)(F)O6)c4)c32)ccc1C(=O)O. The van der Waals surface area contributed by atoms with Gasteiger partial charge in [-0.3, -0.25) is 4.79 Å². The van der Waals surface area contributed by atoms with Gasteiger partial charge in [-0.2, -0.15) is 18.3 Å². The minimum absolute atomic E-state index is 0.0131. The zero-order valence-corrected chi connectivity index (χ0v) is 23.5. The van der Waals surface area contributed by atoms with Gasteiger partial charge in [-0.25, -0.2) is 9.48 Å². The first-order valence-electron chi connectivity index (χ1n) is 13.8.